The van der Waals surface area contributed by atoms with E-state index in [9.17, 15) is 17.9 Å². The predicted molar refractivity (Wildman–Crippen MR) is 106 cm³/mol. The maximum Gasteiger partial charge on any atom is 0.263 e. The number of thiophene rings is 1. The summed E-state index contributed by atoms with van der Waals surface area (Å²) in [5.41, 5.74) is 2.15. The van der Waals surface area contributed by atoms with E-state index in [1.54, 1.807) is 46.6 Å². The molecule has 6 nitrogen and oxygen atoms in total. The second kappa shape index (κ2) is 7.34. The van der Waals surface area contributed by atoms with Crippen molar-refractivity contribution < 1.29 is 17.9 Å². The van der Waals surface area contributed by atoms with E-state index in [1.807, 2.05) is 0 Å². The van der Waals surface area contributed by atoms with Gasteiger partial charge >= 0.3 is 0 Å². The summed E-state index contributed by atoms with van der Waals surface area (Å²) in [5, 5.41) is 16.0. The molecule has 2 heterocycles. The van der Waals surface area contributed by atoms with Gasteiger partial charge in [0.05, 0.1) is 29.7 Å². The summed E-state index contributed by atoms with van der Waals surface area (Å²) in [6.07, 6.45) is 1.65. The monoisotopic (exact) mass is 417 g/mol. The molecule has 144 valence electrons. The fraction of sp³-hybridized carbons (Fsp3) is 0.105. The Balaban J connectivity index is 1.60. The summed E-state index contributed by atoms with van der Waals surface area (Å²) in [5.74, 6) is -0.291. The highest BCUT2D eigenvalue weighted by molar-refractivity contribution is 7.93. The molecule has 4 aromatic rings. The van der Waals surface area contributed by atoms with Crippen LogP contribution < -0.4 is 4.72 Å². The Morgan fingerprint density at radius 3 is 2.68 bits per heavy atom. The third-order valence-corrected chi connectivity index (χ3v) is 6.78. The SMILES string of the molecule is O=S(=O)(Nc1ccc2c(cnn2Cc2ccc(F)cc2)c1)c1ccsc1CO. The molecule has 0 aliphatic heterocycles. The lowest BCUT2D eigenvalue weighted by Crippen LogP contribution is -2.13. The van der Waals surface area contributed by atoms with Crippen LogP contribution in [0, 0.1) is 5.82 Å². The Morgan fingerprint density at radius 1 is 1.14 bits per heavy atom. The number of aliphatic hydroxyl groups excluding tert-OH is 1. The number of rotatable bonds is 6. The van der Waals surface area contributed by atoms with Crippen molar-refractivity contribution in [2.75, 3.05) is 4.72 Å². The Kier molecular flexibility index (Phi) is 4.88. The van der Waals surface area contributed by atoms with Crippen molar-refractivity contribution in [2.45, 2.75) is 18.0 Å². The molecule has 0 amide bonds. The molecule has 0 saturated carbocycles. The zero-order chi connectivity index (χ0) is 19.7. The van der Waals surface area contributed by atoms with Crippen molar-refractivity contribution >= 4 is 38.0 Å². The van der Waals surface area contributed by atoms with E-state index >= 15 is 0 Å². The molecule has 28 heavy (non-hydrogen) atoms. The maximum atomic E-state index is 13.1. The molecule has 0 spiro atoms. The van der Waals surface area contributed by atoms with Crippen molar-refractivity contribution in [3.63, 3.8) is 0 Å². The Morgan fingerprint density at radius 2 is 1.93 bits per heavy atom. The van der Waals surface area contributed by atoms with Gasteiger partial charge in [-0.05, 0) is 47.3 Å². The number of sulfonamides is 1. The molecule has 0 aliphatic carbocycles. The molecule has 2 aromatic heterocycles. The lowest BCUT2D eigenvalue weighted by atomic mass is 10.2. The fourth-order valence-corrected chi connectivity index (χ4v) is 5.28. The van der Waals surface area contributed by atoms with Crippen LogP contribution in [0.15, 0.2) is 65.0 Å². The van der Waals surface area contributed by atoms with Crippen LogP contribution in [0.25, 0.3) is 10.9 Å². The molecule has 0 bridgehead atoms. The van der Waals surface area contributed by atoms with Crippen molar-refractivity contribution in [2.24, 2.45) is 0 Å². The van der Waals surface area contributed by atoms with Crippen molar-refractivity contribution in [1.82, 2.24) is 9.78 Å². The minimum Gasteiger partial charge on any atom is -0.391 e. The molecule has 0 radical (unpaired) electrons. The number of nitrogens with one attached hydrogen (secondary N) is 1. The highest BCUT2D eigenvalue weighted by Gasteiger charge is 2.20. The first-order chi connectivity index (χ1) is 13.5. The second-order valence-electron chi connectivity index (χ2n) is 6.17. The fourth-order valence-electron chi connectivity index (χ4n) is 2.93. The quantitative estimate of drug-likeness (QED) is 0.502. The van der Waals surface area contributed by atoms with E-state index in [0.29, 0.717) is 17.1 Å². The van der Waals surface area contributed by atoms with E-state index < -0.39 is 10.0 Å². The molecule has 4 rings (SSSR count). The number of halogens is 1. The minimum atomic E-state index is -3.79. The van der Waals surface area contributed by atoms with Crippen molar-refractivity contribution in [3.05, 3.63) is 76.4 Å². The minimum absolute atomic E-state index is 0.0760. The molecular formula is C19H16FN3O3S2. The zero-order valence-electron chi connectivity index (χ0n) is 14.5. The average molecular weight is 417 g/mol. The Bertz CT molecular complexity index is 1230. The third kappa shape index (κ3) is 3.64. The number of nitrogens with zero attached hydrogens (tertiary/aromatic N) is 2. The van der Waals surface area contributed by atoms with Gasteiger partial charge in [-0.15, -0.1) is 11.3 Å². The summed E-state index contributed by atoms with van der Waals surface area (Å²) >= 11 is 1.19. The van der Waals surface area contributed by atoms with Crippen LogP contribution in [-0.2, 0) is 23.2 Å². The first kappa shape index (κ1) is 18.6. The van der Waals surface area contributed by atoms with Gasteiger partial charge < -0.3 is 5.11 Å². The number of fused-ring (bicyclic) bond motifs is 1. The zero-order valence-corrected chi connectivity index (χ0v) is 16.2. The number of hydrogen-bond acceptors (Lipinski definition) is 5. The van der Waals surface area contributed by atoms with E-state index in [2.05, 4.69) is 9.82 Å². The van der Waals surface area contributed by atoms with Gasteiger partial charge in [0.15, 0.2) is 0 Å². The highest BCUT2D eigenvalue weighted by Crippen LogP contribution is 2.26. The summed E-state index contributed by atoms with van der Waals surface area (Å²) in [6.45, 7) is 0.146. The first-order valence-corrected chi connectivity index (χ1v) is 10.7. The molecule has 0 aliphatic rings. The normalized spacial score (nSPS) is 11.8. The number of aromatic nitrogens is 2. The number of benzene rings is 2. The second-order valence-corrected chi connectivity index (χ2v) is 8.83. The lowest BCUT2D eigenvalue weighted by molar-refractivity contribution is 0.282. The van der Waals surface area contributed by atoms with Crippen molar-refractivity contribution in [1.29, 1.82) is 0 Å². The summed E-state index contributed by atoms with van der Waals surface area (Å²) in [7, 11) is -3.79. The van der Waals surface area contributed by atoms with Crippen LogP contribution in [0.5, 0.6) is 0 Å². The molecule has 0 saturated heterocycles. The first-order valence-electron chi connectivity index (χ1n) is 8.36. The van der Waals surface area contributed by atoms with Crippen LogP contribution in [0.2, 0.25) is 0 Å². The molecule has 9 heteroatoms. The van der Waals surface area contributed by atoms with Gasteiger partial charge in [-0.1, -0.05) is 12.1 Å². The summed E-state index contributed by atoms with van der Waals surface area (Å²) in [4.78, 5) is 0.466. The Hall–Kier alpha value is -2.75. The number of hydrogen-bond donors (Lipinski definition) is 2. The third-order valence-electron chi connectivity index (χ3n) is 4.28. The largest absolute Gasteiger partial charge is 0.391 e. The van der Waals surface area contributed by atoms with E-state index in [1.165, 1.54) is 29.5 Å². The maximum absolute atomic E-state index is 13.1. The number of anilines is 1. The van der Waals surface area contributed by atoms with E-state index in [-0.39, 0.29) is 17.3 Å². The van der Waals surface area contributed by atoms with Crippen LogP contribution >= 0.6 is 11.3 Å². The summed E-state index contributed by atoms with van der Waals surface area (Å²) in [6, 6.07) is 12.8. The van der Waals surface area contributed by atoms with Gasteiger partial charge in [0.25, 0.3) is 10.0 Å². The van der Waals surface area contributed by atoms with Crippen LogP contribution in [0.1, 0.15) is 10.4 Å². The lowest BCUT2D eigenvalue weighted by Gasteiger charge is -2.09. The van der Waals surface area contributed by atoms with Gasteiger partial charge in [-0.25, -0.2) is 12.8 Å². The smallest absolute Gasteiger partial charge is 0.263 e. The molecule has 2 aromatic carbocycles. The van der Waals surface area contributed by atoms with Crippen LogP contribution in [0.4, 0.5) is 10.1 Å². The molecule has 2 N–H and O–H groups in total. The van der Waals surface area contributed by atoms with E-state index in [0.717, 1.165) is 16.5 Å². The van der Waals surface area contributed by atoms with Crippen molar-refractivity contribution in [3.8, 4) is 0 Å². The predicted octanol–water partition coefficient (Wildman–Crippen LogP) is 3.58. The molecule has 0 atom stereocenters. The molecule has 0 unspecified atom stereocenters. The topological polar surface area (TPSA) is 84.2 Å². The van der Waals surface area contributed by atoms with Gasteiger partial charge in [0, 0.05) is 11.1 Å². The van der Waals surface area contributed by atoms with Gasteiger partial charge in [-0.3, -0.25) is 9.40 Å². The number of aliphatic hydroxyl groups is 1. The van der Waals surface area contributed by atoms with Gasteiger partial charge in [-0.2, -0.15) is 5.10 Å². The summed E-state index contributed by atoms with van der Waals surface area (Å²) < 4.78 is 42.5. The standard InChI is InChI=1S/C19H16FN3O3S2/c20-15-3-1-13(2-4-15)11-23-17-6-5-16(9-14(17)10-21-23)22-28(25,26)19-7-8-27-18(19)12-24/h1-10,22,24H,11-12H2. The average Bonchev–Trinajstić information content (AvgIpc) is 3.30. The van der Waals surface area contributed by atoms with Gasteiger partial charge in [0.1, 0.15) is 10.7 Å². The molecular weight excluding hydrogens is 401 g/mol. The Labute approximate surface area is 164 Å². The van der Waals surface area contributed by atoms with Gasteiger partial charge in [0.2, 0.25) is 0 Å². The van der Waals surface area contributed by atoms with Crippen LogP contribution in [-0.4, -0.2) is 23.3 Å². The highest BCUT2D eigenvalue weighted by atomic mass is 32.2. The van der Waals surface area contributed by atoms with E-state index in [4.69, 9.17) is 0 Å². The molecule has 0 fully saturated rings. The van der Waals surface area contributed by atoms with Crippen LogP contribution in [0.3, 0.4) is 0 Å².